The van der Waals surface area contributed by atoms with Gasteiger partial charge in [-0.1, -0.05) is 12.1 Å². The number of nitrogens with two attached hydrogens (primary N) is 1. The minimum Gasteiger partial charge on any atom is -0.496 e. The molecular weight excluding hydrogens is 334 g/mol. The molecule has 0 bridgehead atoms. The minimum atomic E-state index is -0.350. The molecule has 0 fully saturated rings. The number of nitrogen functional groups attached to an aromatic ring is 1. The van der Waals surface area contributed by atoms with Crippen molar-refractivity contribution in [2.24, 2.45) is 5.10 Å². The number of amides is 1. The number of nitrogens with zero attached hydrogens (tertiary/aromatic N) is 1. The number of carbonyl (C=O) groups is 1. The average Bonchev–Trinajstić information content (AvgIpc) is 2.48. The predicted octanol–water partition coefficient (Wildman–Crippen LogP) is 2.80. The second kappa shape index (κ2) is 6.90. The van der Waals surface area contributed by atoms with Gasteiger partial charge in [0.15, 0.2) is 0 Å². The van der Waals surface area contributed by atoms with Gasteiger partial charge >= 0.3 is 0 Å². The summed E-state index contributed by atoms with van der Waals surface area (Å²) in [7, 11) is 1.60. The second-order valence-corrected chi connectivity index (χ2v) is 5.03. The number of methoxy groups -OCH3 is 1. The summed E-state index contributed by atoms with van der Waals surface area (Å²) in [5.41, 5.74) is 9.80. The highest BCUT2D eigenvalue weighted by Crippen LogP contribution is 2.24. The number of nitrogens with one attached hydrogen (secondary N) is 1. The Kier molecular flexibility index (Phi) is 4.94. The van der Waals surface area contributed by atoms with Crippen LogP contribution in [0.15, 0.2) is 52.0 Å². The van der Waals surface area contributed by atoms with E-state index in [-0.39, 0.29) is 5.91 Å². The second-order valence-electron chi connectivity index (χ2n) is 4.18. The highest BCUT2D eigenvalue weighted by Gasteiger charge is 2.07. The lowest BCUT2D eigenvalue weighted by atomic mass is 10.2. The minimum absolute atomic E-state index is 0.350. The van der Waals surface area contributed by atoms with Crippen molar-refractivity contribution >= 4 is 33.7 Å². The Labute approximate surface area is 130 Å². The molecule has 0 heterocycles. The van der Waals surface area contributed by atoms with Gasteiger partial charge in [0.1, 0.15) is 5.75 Å². The molecule has 2 aromatic carbocycles. The molecule has 0 aromatic heterocycles. The van der Waals surface area contributed by atoms with Crippen LogP contribution in [0, 0.1) is 0 Å². The summed E-state index contributed by atoms with van der Waals surface area (Å²) in [5, 5.41) is 3.91. The lowest BCUT2D eigenvalue weighted by Crippen LogP contribution is -2.18. The van der Waals surface area contributed by atoms with Gasteiger partial charge in [0.05, 0.1) is 23.4 Å². The van der Waals surface area contributed by atoms with E-state index in [0.29, 0.717) is 11.3 Å². The molecule has 2 rings (SSSR count). The molecule has 3 N–H and O–H groups in total. The average molecular weight is 348 g/mol. The van der Waals surface area contributed by atoms with E-state index in [1.165, 1.54) is 0 Å². The molecule has 0 saturated heterocycles. The van der Waals surface area contributed by atoms with Gasteiger partial charge in [0.2, 0.25) is 0 Å². The molecule has 0 aliphatic carbocycles. The van der Waals surface area contributed by atoms with E-state index in [1.54, 1.807) is 37.6 Å². The van der Waals surface area contributed by atoms with Crippen molar-refractivity contribution in [2.75, 3.05) is 12.8 Å². The van der Waals surface area contributed by atoms with Crippen LogP contribution in [-0.4, -0.2) is 19.2 Å². The van der Waals surface area contributed by atoms with Gasteiger partial charge in [-0.2, -0.15) is 5.10 Å². The molecule has 1 amide bonds. The summed E-state index contributed by atoms with van der Waals surface area (Å²) in [6.45, 7) is 0. The molecule has 5 nitrogen and oxygen atoms in total. The van der Waals surface area contributed by atoms with Crippen LogP contribution >= 0.6 is 15.9 Å². The molecule has 0 unspecified atom stereocenters. The molecule has 6 heteroatoms. The molecular formula is C15H14BrN3O2. The van der Waals surface area contributed by atoms with Crippen molar-refractivity contribution in [3.8, 4) is 5.75 Å². The third kappa shape index (κ3) is 3.82. The number of benzene rings is 2. The topological polar surface area (TPSA) is 76.7 Å². The maximum absolute atomic E-state index is 11.9. The highest BCUT2D eigenvalue weighted by atomic mass is 79.9. The Bertz CT molecular complexity index is 686. The lowest BCUT2D eigenvalue weighted by Gasteiger charge is -2.04. The summed E-state index contributed by atoms with van der Waals surface area (Å²) in [5.74, 6) is 0.380. The van der Waals surface area contributed by atoms with Crippen LogP contribution in [0.4, 0.5) is 5.69 Å². The number of hydrogen-bond donors (Lipinski definition) is 2. The Morgan fingerprint density at radius 3 is 2.76 bits per heavy atom. The zero-order valence-corrected chi connectivity index (χ0v) is 12.9. The third-order valence-corrected chi connectivity index (χ3v) is 3.38. The number of rotatable bonds is 4. The third-order valence-electron chi connectivity index (χ3n) is 2.76. The van der Waals surface area contributed by atoms with Crippen molar-refractivity contribution in [3.63, 3.8) is 0 Å². The van der Waals surface area contributed by atoms with E-state index >= 15 is 0 Å². The number of hydrogen-bond acceptors (Lipinski definition) is 4. The van der Waals surface area contributed by atoms with Crippen LogP contribution < -0.4 is 15.9 Å². The van der Waals surface area contributed by atoms with Crippen LogP contribution in [-0.2, 0) is 0 Å². The van der Waals surface area contributed by atoms with Gasteiger partial charge in [0, 0.05) is 5.69 Å². The van der Waals surface area contributed by atoms with Gasteiger partial charge in [-0.3, -0.25) is 4.79 Å². The standard InChI is InChI=1S/C15H14BrN3O2/c1-21-14-7-6-10(8-12(14)16)9-18-19-15(20)11-4-2-3-5-13(11)17/h2-9H,17H2,1H3,(H,19,20). The first-order valence-corrected chi connectivity index (χ1v) is 6.92. The first-order valence-electron chi connectivity index (χ1n) is 6.13. The van der Waals surface area contributed by atoms with Gasteiger partial charge in [-0.15, -0.1) is 0 Å². The first-order chi connectivity index (χ1) is 10.1. The number of anilines is 1. The molecule has 0 spiro atoms. The van der Waals surface area contributed by atoms with Gasteiger partial charge in [0.25, 0.3) is 5.91 Å². The van der Waals surface area contributed by atoms with Crippen molar-refractivity contribution in [1.29, 1.82) is 0 Å². The van der Waals surface area contributed by atoms with Crippen LogP contribution in [0.25, 0.3) is 0 Å². The first kappa shape index (κ1) is 15.1. The van der Waals surface area contributed by atoms with E-state index in [1.807, 2.05) is 18.2 Å². The van der Waals surface area contributed by atoms with Gasteiger partial charge in [-0.25, -0.2) is 5.43 Å². The van der Waals surface area contributed by atoms with E-state index in [0.717, 1.165) is 15.8 Å². The SMILES string of the molecule is COc1ccc(C=NNC(=O)c2ccccc2N)cc1Br. The Hall–Kier alpha value is -2.34. The molecule has 0 aliphatic heterocycles. The monoisotopic (exact) mass is 347 g/mol. The normalized spacial score (nSPS) is 10.6. The zero-order valence-electron chi connectivity index (χ0n) is 11.3. The highest BCUT2D eigenvalue weighted by molar-refractivity contribution is 9.10. The van der Waals surface area contributed by atoms with Crippen LogP contribution in [0.3, 0.4) is 0 Å². The number of hydrazone groups is 1. The predicted molar refractivity (Wildman–Crippen MR) is 86.6 cm³/mol. The summed E-state index contributed by atoms with van der Waals surface area (Å²) in [6, 6.07) is 12.3. The maximum atomic E-state index is 11.9. The van der Waals surface area contributed by atoms with Crippen LogP contribution in [0.1, 0.15) is 15.9 Å². The molecule has 108 valence electrons. The Morgan fingerprint density at radius 1 is 1.33 bits per heavy atom. The largest absolute Gasteiger partial charge is 0.496 e. The number of para-hydroxylation sites is 1. The fourth-order valence-electron chi connectivity index (χ4n) is 1.69. The molecule has 21 heavy (non-hydrogen) atoms. The van der Waals surface area contributed by atoms with Gasteiger partial charge < -0.3 is 10.5 Å². The number of carbonyl (C=O) groups excluding carboxylic acids is 1. The lowest BCUT2D eigenvalue weighted by molar-refractivity contribution is 0.0956. The summed E-state index contributed by atoms with van der Waals surface area (Å²) < 4.78 is 5.95. The zero-order chi connectivity index (χ0) is 15.2. The van der Waals surface area contributed by atoms with Crippen molar-refractivity contribution < 1.29 is 9.53 Å². The molecule has 0 radical (unpaired) electrons. The smallest absolute Gasteiger partial charge is 0.273 e. The van der Waals surface area contributed by atoms with E-state index in [9.17, 15) is 4.79 Å². The summed E-state index contributed by atoms with van der Waals surface area (Å²) in [6.07, 6.45) is 1.54. The Morgan fingerprint density at radius 2 is 2.10 bits per heavy atom. The van der Waals surface area contributed by atoms with E-state index in [2.05, 4.69) is 26.5 Å². The van der Waals surface area contributed by atoms with Gasteiger partial charge in [-0.05, 0) is 51.8 Å². The fourth-order valence-corrected chi connectivity index (χ4v) is 2.25. The molecule has 0 aliphatic rings. The molecule has 2 aromatic rings. The number of halogens is 1. The maximum Gasteiger partial charge on any atom is 0.273 e. The van der Waals surface area contributed by atoms with Crippen molar-refractivity contribution in [2.45, 2.75) is 0 Å². The quantitative estimate of drug-likeness (QED) is 0.507. The van der Waals surface area contributed by atoms with E-state index in [4.69, 9.17) is 10.5 Å². The summed E-state index contributed by atoms with van der Waals surface area (Å²) in [4.78, 5) is 11.9. The molecule has 0 saturated carbocycles. The fraction of sp³-hybridized carbons (Fsp3) is 0.0667. The number of ether oxygens (including phenoxy) is 1. The van der Waals surface area contributed by atoms with Crippen molar-refractivity contribution in [3.05, 3.63) is 58.1 Å². The van der Waals surface area contributed by atoms with Crippen LogP contribution in [0.5, 0.6) is 5.75 Å². The summed E-state index contributed by atoms with van der Waals surface area (Å²) >= 11 is 3.38. The van der Waals surface area contributed by atoms with E-state index < -0.39 is 0 Å². The molecule has 0 atom stereocenters. The Balaban J connectivity index is 2.04. The van der Waals surface area contributed by atoms with Crippen molar-refractivity contribution in [1.82, 2.24) is 5.43 Å². The van der Waals surface area contributed by atoms with Crippen LogP contribution in [0.2, 0.25) is 0 Å².